The van der Waals surface area contributed by atoms with Crippen molar-refractivity contribution in [1.29, 1.82) is 0 Å². The Hall–Kier alpha value is -1.03. The summed E-state index contributed by atoms with van der Waals surface area (Å²) in [6, 6.07) is 0. The molecular formula is C10H17N3O. The fourth-order valence-corrected chi connectivity index (χ4v) is 1.85. The summed E-state index contributed by atoms with van der Waals surface area (Å²) in [5.41, 5.74) is 0. The molecule has 1 fully saturated rings. The van der Waals surface area contributed by atoms with Gasteiger partial charge in [0.2, 0.25) is 0 Å². The lowest BCUT2D eigenvalue weighted by Crippen LogP contribution is -2.13. The maximum absolute atomic E-state index is 5.79. The van der Waals surface area contributed by atoms with E-state index in [0.717, 1.165) is 12.4 Å². The number of hydrogen-bond acceptors (Lipinski definition) is 3. The molecule has 1 N–H and O–H groups in total. The molecule has 0 bridgehead atoms. The van der Waals surface area contributed by atoms with Crippen LogP contribution in [0.15, 0.2) is 12.4 Å². The zero-order valence-corrected chi connectivity index (χ0v) is 8.57. The summed E-state index contributed by atoms with van der Waals surface area (Å²) < 4.78 is 7.63. The predicted octanol–water partition coefficient (Wildman–Crippen LogP) is 1.38. The van der Waals surface area contributed by atoms with Crippen LogP contribution >= 0.6 is 0 Å². The monoisotopic (exact) mass is 195 g/mol. The van der Waals surface area contributed by atoms with E-state index in [2.05, 4.69) is 10.4 Å². The van der Waals surface area contributed by atoms with Crippen LogP contribution in [0.4, 0.5) is 0 Å². The van der Waals surface area contributed by atoms with Crippen molar-refractivity contribution in [3.8, 4) is 5.75 Å². The molecule has 1 saturated carbocycles. The molecule has 14 heavy (non-hydrogen) atoms. The van der Waals surface area contributed by atoms with Gasteiger partial charge >= 0.3 is 0 Å². The topological polar surface area (TPSA) is 39.1 Å². The van der Waals surface area contributed by atoms with Gasteiger partial charge < -0.3 is 10.1 Å². The lowest BCUT2D eigenvalue weighted by Gasteiger charge is -2.09. The zero-order chi connectivity index (χ0) is 9.80. The number of hydrogen-bond donors (Lipinski definition) is 1. The minimum absolute atomic E-state index is 0.419. The van der Waals surface area contributed by atoms with E-state index in [9.17, 15) is 0 Å². The van der Waals surface area contributed by atoms with E-state index in [0.29, 0.717) is 6.10 Å². The zero-order valence-electron chi connectivity index (χ0n) is 8.57. The second kappa shape index (κ2) is 4.46. The smallest absolute Gasteiger partial charge is 0.157 e. The Balaban J connectivity index is 1.88. The van der Waals surface area contributed by atoms with Crippen LogP contribution in [-0.2, 0) is 6.67 Å². The molecule has 0 atom stereocenters. The van der Waals surface area contributed by atoms with Gasteiger partial charge in [-0.1, -0.05) is 0 Å². The molecule has 1 aliphatic carbocycles. The van der Waals surface area contributed by atoms with Crippen LogP contribution in [-0.4, -0.2) is 22.9 Å². The van der Waals surface area contributed by atoms with Gasteiger partial charge in [-0.25, -0.2) is 0 Å². The molecule has 1 aromatic rings. The molecule has 1 aliphatic rings. The second-order valence-corrected chi connectivity index (χ2v) is 3.75. The van der Waals surface area contributed by atoms with Crippen molar-refractivity contribution in [3.63, 3.8) is 0 Å². The molecule has 2 rings (SSSR count). The molecule has 0 saturated heterocycles. The van der Waals surface area contributed by atoms with Crippen molar-refractivity contribution in [2.24, 2.45) is 0 Å². The van der Waals surface area contributed by atoms with E-state index in [1.807, 2.05) is 17.9 Å². The lowest BCUT2D eigenvalue weighted by atomic mass is 10.3. The summed E-state index contributed by atoms with van der Waals surface area (Å²) >= 11 is 0. The Morgan fingerprint density at radius 2 is 2.36 bits per heavy atom. The highest BCUT2D eigenvalue weighted by Gasteiger charge is 2.16. The predicted molar refractivity (Wildman–Crippen MR) is 54.2 cm³/mol. The van der Waals surface area contributed by atoms with E-state index in [1.54, 1.807) is 6.20 Å². The van der Waals surface area contributed by atoms with Gasteiger partial charge in [0.15, 0.2) is 5.75 Å². The van der Waals surface area contributed by atoms with Gasteiger partial charge in [-0.2, -0.15) is 5.10 Å². The Morgan fingerprint density at radius 3 is 3.07 bits per heavy atom. The first-order valence-corrected chi connectivity index (χ1v) is 5.22. The van der Waals surface area contributed by atoms with E-state index in [1.165, 1.54) is 25.7 Å². The first-order valence-electron chi connectivity index (χ1n) is 5.22. The third-order valence-electron chi connectivity index (χ3n) is 2.53. The van der Waals surface area contributed by atoms with Crippen LogP contribution in [0.3, 0.4) is 0 Å². The maximum Gasteiger partial charge on any atom is 0.157 e. The van der Waals surface area contributed by atoms with Crippen LogP contribution in [0.25, 0.3) is 0 Å². The second-order valence-electron chi connectivity index (χ2n) is 3.75. The molecular weight excluding hydrogens is 178 g/mol. The minimum Gasteiger partial charge on any atom is -0.487 e. The summed E-state index contributed by atoms with van der Waals surface area (Å²) in [7, 11) is 1.90. The number of aromatic nitrogens is 2. The highest BCUT2D eigenvalue weighted by Crippen LogP contribution is 2.23. The molecule has 0 amide bonds. The third-order valence-corrected chi connectivity index (χ3v) is 2.53. The summed E-state index contributed by atoms with van der Waals surface area (Å²) in [6.07, 6.45) is 9.13. The summed E-state index contributed by atoms with van der Waals surface area (Å²) in [5.74, 6) is 0.896. The van der Waals surface area contributed by atoms with E-state index in [-0.39, 0.29) is 0 Å². The van der Waals surface area contributed by atoms with Crippen molar-refractivity contribution in [3.05, 3.63) is 12.4 Å². The van der Waals surface area contributed by atoms with Crippen LogP contribution in [0.2, 0.25) is 0 Å². The van der Waals surface area contributed by atoms with Gasteiger partial charge in [-0.05, 0) is 32.7 Å². The number of ether oxygens (including phenoxy) is 1. The summed E-state index contributed by atoms with van der Waals surface area (Å²) in [4.78, 5) is 0. The number of rotatable bonds is 4. The third kappa shape index (κ3) is 2.26. The maximum atomic E-state index is 5.79. The first-order chi connectivity index (χ1) is 6.88. The molecule has 4 heteroatoms. The quantitative estimate of drug-likeness (QED) is 0.789. The fraction of sp³-hybridized carbons (Fsp3) is 0.700. The Morgan fingerprint density at radius 1 is 1.57 bits per heavy atom. The average Bonchev–Trinajstić information content (AvgIpc) is 2.79. The molecule has 0 unspecified atom stereocenters. The van der Waals surface area contributed by atoms with Gasteiger partial charge in [0.1, 0.15) is 0 Å². The Kier molecular flexibility index (Phi) is 3.03. The summed E-state index contributed by atoms with van der Waals surface area (Å²) in [6.45, 7) is 0.730. The summed E-state index contributed by atoms with van der Waals surface area (Å²) in [5, 5.41) is 7.21. The first kappa shape index (κ1) is 9.52. The van der Waals surface area contributed by atoms with Crippen molar-refractivity contribution in [2.75, 3.05) is 7.05 Å². The standard InChI is InChI=1S/C10H17N3O/c1-11-8-13-7-10(6-12-13)14-9-4-2-3-5-9/h6-7,9,11H,2-5,8H2,1H3. The SMILES string of the molecule is CNCn1cc(OC2CCCC2)cn1. The van der Waals surface area contributed by atoms with Crippen molar-refractivity contribution >= 4 is 0 Å². The Labute approximate surface area is 84.3 Å². The molecule has 0 radical (unpaired) electrons. The van der Waals surface area contributed by atoms with Gasteiger partial charge in [0.05, 0.1) is 25.2 Å². The van der Waals surface area contributed by atoms with E-state index in [4.69, 9.17) is 4.74 Å². The van der Waals surface area contributed by atoms with Gasteiger partial charge in [0, 0.05) is 0 Å². The van der Waals surface area contributed by atoms with Crippen LogP contribution < -0.4 is 10.1 Å². The Bertz CT molecular complexity index is 279. The number of nitrogens with zero attached hydrogens (tertiary/aromatic N) is 2. The van der Waals surface area contributed by atoms with Crippen LogP contribution in [0.5, 0.6) is 5.75 Å². The molecule has 0 spiro atoms. The average molecular weight is 195 g/mol. The number of nitrogens with one attached hydrogen (secondary N) is 1. The molecule has 0 aromatic carbocycles. The highest BCUT2D eigenvalue weighted by molar-refractivity contribution is 5.12. The van der Waals surface area contributed by atoms with Crippen LogP contribution in [0, 0.1) is 0 Å². The minimum atomic E-state index is 0.419. The lowest BCUT2D eigenvalue weighted by molar-refractivity contribution is 0.209. The fourth-order valence-electron chi connectivity index (χ4n) is 1.85. The van der Waals surface area contributed by atoms with E-state index < -0.39 is 0 Å². The highest BCUT2D eigenvalue weighted by atomic mass is 16.5. The van der Waals surface area contributed by atoms with Crippen molar-refractivity contribution in [1.82, 2.24) is 15.1 Å². The normalized spacial score (nSPS) is 17.5. The van der Waals surface area contributed by atoms with Gasteiger partial charge in [-0.3, -0.25) is 4.68 Å². The van der Waals surface area contributed by atoms with E-state index >= 15 is 0 Å². The van der Waals surface area contributed by atoms with Gasteiger partial charge in [0.25, 0.3) is 0 Å². The molecule has 1 aromatic heterocycles. The molecule has 4 nitrogen and oxygen atoms in total. The molecule has 78 valence electrons. The van der Waals surface area contributed by atoms with Crippen molar-refractivity contribution in [2.45, 2.75) is 38.5 Å². The molecule has 0 aliphatic heterocycles. The molecule has 1 heterocycles. The van der Waals surface area contributed by atoms with Crippen molar-refractivity contribution < 1.29 is 4.74 Å². The largest absolute Gasteiger partial charge is 0.487 e. The van der Waals surface area contributed by atoms with Crippen LogP contribution in [0.1, 0.15) is 25.7 Å². The van der Waals surface area contributed by atoms with Gasteiger partial charge in [-0.15, -0.1) is 0 Å².